The number of aldehydes is 1. The van der Waals surface area contributed by atoms with E-state index in [2.05, 4.69) is 27.7 Å². The fourth-order valence-electron chi connectivity index (χ4n) is 1.43. The van der Waals surface area contributed by atoms with E-state index in [-0.39, 0.29) is 11.7 Å². The van der Waals surface area contributed by atoms with Crippen LogP contribution in [0.25, 0.3) is 0 Å². The lowest BCUT2D eigenvalue weighted by Crippen LogP contribution is -2.23. The molecular weight excluding hydrogens is 240 g/mol. The summed E-state index contributed by atoms with van der Waals surface area (Å²) in [6, 6.07) is 0. The zero-order valence-electron chi connectivity index (χ0n) is 13.7. The Morgan fingerprint density at radius 1 is 1.21 bits per heavy atom. The van der Waals surface area contributed by atoms with Crippen LogP contribution in [-0.4, -0.2) is 29.7 Å². The third kappa shape index (κ3) is 23.1. The lowest BCUT2D eigenvalue weighted by atomic mass is 9.99. The van der Waals surface area contributed by atoms with Crippen molar-refractivity contribution in [2.75, 3.05) is 6.61 Å². The summed E-state index contributed by atoms with van der Waals surface area (Å²) in [5.41, 5.74) is -0.0315. The van der Waals surface area contributed by atoms with E-state index in [1.54, 1.807) is 13.8 Å². The molecule has 0 rings (SSSR count). The predicted octanol–water partition coefficient (Wildman–Crippen LogP) is 3.97. The Hall–Kier alpha value is -0.410. The molecule has 0 aromatic carbocycles. The molecule has 0 aromatic heterocycles. The molecule has 0 radical (unpaired) electrons. The van der Waals surface area contributed by atoms with E-state index < -0.39 is 0 Å². The molecule has 0 saturated carbocycles. The van der Waals surface area contributed by atoms with E-state index in [0.29, 0.717) is 12.3 Å². The van der Waals surface area contributed by atoms with Gasteiger partial charge in [-0.05, 0) is 53.4 Å². The predicted molar refractivity (Wildman–Crippen MR) is 81.4 cm³/mol. The lowest BCUT2D eigenvalue weighted by molar-refractivity contribution is -0.107. The first-order valence-corrected chi connectivity index (χ1v) is 7.48. The molecule has 0 fully saturated rings. The SMILES string of the molecule is CC(C)O.CCC(CCCCC=O)COC(C)(C)C. The highest BCUT2D eigenvalue weighted by atomic mass is 16.5. The van der Waals surface area contributed by atoms with Gasteiger partial charge in [0.25, 0.3) is 0 Å². The van der Waals surface area contributed by atoms with Crippen LogP contribution >= 0.6 is 0 Å². The number of carbonyl (C=O) groups excluding carboxylic acids is 1. The van der Waals surface area contributed by atoms with Crippen LogP contribution in [0.5, 0.6) is 0 Å². The van der Waals surface area contributed by atoms with Gasteiger partial charge in [0.15, 0.2) is 0 Å². The second-order valence-electron chi connectivity index (χ2n) is 6.24. The summed E-state index contributed by atoms with van der Waals surface area (Å²) in [5.74, 6) is 0.649. The van der Waals surface area contributed by atoms with Gasteiger partial charge in [-0.15, -0.1) is 0 Å². The summed E-state index contributed by atoms with van der Waals surface area (Å²) in [6.07, 6.45) is 6.06. The van der Waals surface area contributed by atoms with E-state index >= 15 is 0 Å². The minimum Gasteiger partial charge on any atom is -0.394 e. The van der Waals surface area contributed by atoms with Gasteiger partial charge in [-0.25, -0.2) is 0 Å². The normalized spacial score (nSPS) is 12.8. The first kappa shape index (κ1) is 20.9. The molecule has 3 heteroatoms. The molecule has 0 amide bonds. The molecule has 1 N–H and O–H groups in total. The molecule has 116 valence electrons. The standard InChI is InChI=1S/C13H26O2.C3H8O/c1-5-12(9-7-6-8-10-14)11-15-13(2,3)4;1-3(2)4/h10,12H,5-9,11H2,1-4H3;3-4H,1-2H3. The summed E-state index contributed by atoms with van der Waals surface area (Å²) < 4.78 is 5.77. The molecule has 0 aliphatic heterocycles. The van der Waals surface area contributed by atoms with Crippen molar-refractivity contribution in [2.45, 2.75) is 85.4 Å². The number of carbonyl (C=O) groups is 1. The van der Waals surface area contributed by atoms with Gasteiger partial charge >= 0.3 is 0 Å². The number of hydrogen-bond donors (Lipinski definition) is 1. The average molecular weight is 274 g/mol. The molecule has 0 aliphatic rings. The molecule has 0 aromatic rings. The van der Waals surface area contributed by atoms with Gasteiger partial charge in [-0.2, -0.15) is 0 Å². The minimum atomic E-state index is -0.167. The zero-order chi connectivity index (χ0) is 15.3. The fraction of sp³-hybridized carbons (Fsp3) is 0.938. The van der Waals surface area contributed by atoms with Gasteiger partial charge in [0.2, 0.25) is 0 Å². The second-order valence-corrected chi connectivity index (χ2v) is 6.24. The van der Waals surface area contributed by atoms with Crippen molar-refractivity contribution in [2.24, 2.45) is 5.92 Å². The van der Waals surface area contributed by atoms with Crippen molar-refractivity contribution >= 4 is 6.29 Å². The van der Waals surface area contributed by atoms with E-state index in [9.17, 15) is 4.79 Å². The van der Waals surface area contributed by atoms with Gasteiger partial charge in [0.1, 0.15) is 6.29 Å². The number of aliphatic hydroxyl groups excluding tert-OH is 1. The van der Waals surface area contributed by atoms with E-state index in [0.717, 1.165) is 32.2 Å². The molecule has 0 heterocycles. The molecule has 0 spiro atoms. The average Bonchev–Trinajstić information content (AvgIpc) is 2.26. The Morgan fingerprint density at radius 3 is 2.11 bits per heavy atom. The highest BCUT2D eigenvalue weighted by molar-refractivity contribution is 5.48. The first-order valence-electron chi connectivity index (χ1n) is 7.48. The van der Waals surface area contributed by atoms with Crippen molar-refractivity contribution in [1.29, 1.82) is 0 Å². The smallest absolute Gasteiger partial charge is 0.119 e. The fourth-order valence-corrected chi connectivity index (χ4v) is 1.43. The van der Waals surface area contributed by atoms with E-state index in [1.165, 1.54) is 6.42 Å². The largest absolute Gasteiger partial charge is 0.394 e. The number of aliphatic hydroxyl groups is 1. The Bertz CT molecular complexity index is 192. The number of unbranched alkanes of at least 4 members (excludes halogenated alkanes) is 2. The lowest BCUT2D eigenvalue weighted by Gasteiger charge is -2.23. The van der Waals surface area contributed by atoms with Crippen LogP contribution < -0.4 is 0 Å². The Kier molecular flexibility index (Phi) is 13.9. The summed E-state index contributed by atoms with van der Waals surface area (Å²) >= 11 is 0. The van der Waals surface area contributed by atoms with Gasteiger partial charge < -0.3 is 14.6 Å². The van der Waals surface area contributed by atoms with Crippen LogP contribution in [0.1, 0.15) is 73.6 Å². The number of hydrogen-bond acceptors (Lipinski definition) is 3. The highest BCUT2D eigenvalue weighted by Crippen LogP contribution is 2.17. The van der Waals surface area contributed by atoms with E-state index in [1.807, 2.05) is 0 Å². The molecule has 0 saturated heterocycles. The summed E-state index contributed by atoms with van der Waals surface area (Å²) in [6.45, 7) is 12.8. The molecule has 1 unspecified atom stereocenters. The van der Waals surface area contributed by atoms with Crippen LogP contribution in [0, 0.1) is 5.92 Å². The third-order valence-electron chi connectivity index (χ3n) is 2.51. The Morgan fingerprint density at radius 2 is 1.74 bits per heavy atom. The first-order chi connectivity index (χ1) is 8.72. The van der Waals surface area contributed by atoms with Crippen LogP contribution in [0.3, 0.4) is 0 Å². The van der Waals surface area contributed by atoms with Crippen molar-refractivity contribution in [3.05, 3.63) is 0 Å². The molecule has 0 aliphatic carbocycles. The molecule has 1 atom stereocenters. The van der Waals surface area contributed by atoms with Crippen molar-refractivity contribution < 1.29 is 14.6 Å². The maximum atomic E-state index is 10.2. The van der Waals surface area contributed by atoms with Crippen LogP contribution in [0.4, 0.5) is 0 Å². The van der Waals surface area contributed by atoms with Crippen LogP contribution in [-0.2, 0) is 9.53 Å². The maximum absolute atomic E-state index is 10.2. The van der Waals surface area contributed by atoms with E-state index in [4.69, 9.17) is 9.84 Å². The Labute approximate surface area is 119 Å². The minimum absolute atomic E-state index is 0.0315. The van der Waals surface area contributed by atoms with Crippen LogP contribution in [0.15, 0.2) is 0 Å². The van der Waals surface area contributed by atoms with Crippen molar-refractivity contribution in [1.82, 2.24) is 0 Å². The highest BCUT2D eigenvalue weighted by Gasteiger charge is 2.13. The third-order valence-corrected chi connectivity index (χ3v) is 2.51. The number of rotatable bonds is 8. The van der Waals surface area contributed by atoms with Gasteiger partial charge in [0.05, 0.1) is 12.2 Å². The molecule has 0 bridgehead atoms. The van der Waals surface area contributed by atoms with Gasteiger partial charge in [-0.1, -0.05) is 19.8 Å². The second kappa shape index (κ2) is 12.6. The van der Waals surface area contributed by atoms with Gasteiger partial charge in [-0.3, -0.25) is 0 Å². The Balaban J connectivity index is 0. The van der Waals surface area contributed by atoms with Crippen LogP contribution in [0.2, 0.25) is 0 Å². The van der Waals surface area contributed by atoms with Gasteiger partial charge in [0, 0.05) is 12.5 Å². The maximum Gasteiger partial charge on any atom is 0.119 e. The monoisotopic (exact) mass is 274 g/mol. The molecule has 3 nitrogen and oxygen atoms in total. The quantitative estimate of drug-likeness (QED) is 0.538. The molecular formula is C16H34O3. The van der Waals surface area contributed by atoms with Crippen molar-refractivity contribution in [3.8, 4) is 0 Å². The summed E-state index contributed by atoms with van der Waals surface area (Å²) in [4.78, 5) is 10.2. The summed E-state index contributed by atoms with van der Waals surface area (Å²) in [5, 5.41) is 8.06. The summed E-state index contributed by atoms with van der Waals surface area (Å²) in [7, 11) is 0. The number of ether oxygens (including phenoxy) is 1. The topological polar surface area (TPSA) is 46.5 Å². The zero-order valence-corrected chi connectivity index (χ0v) is 13.7. The molecule has 19 heavy (non-hydrogen) atoms. The van der Waals surface area contributed by atoms with Crippen molar-refractivity contribution in [3.63, 3.8) is 0 Å².